The Kier molecular flexibility index (Phi) is 5.17. The first-order valence-corrected chi connectivity index (χ1v) is 7.97. The van der Waals surface area contributed by atoms with E-state index in [1.807, 2.05) is 60.7 Å². The Morgan fingerprint density at radius 2 is 1.24 bits per heavy atom. The van der Waals surface area contributed by atoms with Crippen LogP contribution in [-0.4, -0.2) is 11.7 Å². The summed E-state index contributed by atoms with van der Waals surface area (Å²) >= 11 is 0. The van der Waals surface area contributed by atoms with Crippen LogP contribution in [0.1, 0.15) is 26.3 Å². The van der Waals surface area contributed by atoms with Gasteiger partial charge in [0.2, 0.25) is 0 Å². The molecule has 0 fully saturated rings. The van der Waals surface area contributed by atoms with Gasteiger partial charge in [-0.25, -0.2) is 0 Å². The van der Waals surface area contributed by atoms with Crippen LogP contribution < -0.4 is 5.32 Å². The van der Waals surface area contributed by atoms with Crippen LogP contribution >= 0.6 is 0 Å². The number of rotatable bonds is 5. The van der Waals surface area contributed by atoms with Crippen LogP contribution in [0.2, 0.25) is 0 Å². The van der Waals surface area contributed by atoms with Gasteiger partial charge in [0.15, 0.2) is 5.78 Å². The molecule has 1 amide bonds. The van der Waals surface area contributed by atoms with Crippen LogP contribution in [-0.2, 0) is 0 Å². The van der Waals surface area contributed by atoms with E-state index in [9.17, 15) is 9.59 Å². The number of para-hydroxylation sites is 1. The zero-order valence-corrected chi connectivity index (χ0v) is 13.6. The van der Waals surface area contributed by atoms with Crippen LogP contribution in [0.4, 0.5) is 5.69 Å². The van der Waals surface area contributed by atoms with E-state index in [0.717, 1.165) is 5.56 Å². The van der Waals surface area contributed by atoms with Crippen molar-refractivity contribution in [1.29, 1.82) is 0 Å². The second-order valence-corrected chi connectivity index (χ2v) is 5.47. The average molecular weight is 327 g/mol. The van der Waals surface area contributed by atoms with Crippen LogP contribution in [0.25, 0.3) is 6.08 Å². The number of nitrogens with one attached hydrogen (secondary N) is 1. The van der Waals surface area contributed by atoms with Crippen LogP contribution in [0, 0.1) is 0 Å². The third-order valence-electron chi connectivity index (χ3n) is 3.72. The molecule has 3 aromatic carbocycles. The lowest BCUT2D eigenvalue weighted by atomic mass is 10.1. The summed E-state index contributed by atoms with van der Waals surface area (Å²) in [7, 11) is 0. The van der Waals surface area contributed by atoms with E-state index in [0.29, 0.717) is 16.8 Å². The summed E-state index contributed by atoms with van der Waals surface area (Å²) in [6, 6.07) is 25.5. The molecule has 3 aromatic rings. The summed E-state index contributed by atoms with van der Waals surface area (Å²) in [5.41, 5.74) is 2.65. The number of ketones is 1. The minimum absolute atomic E-state index is 0.0789. The van der Waals surface area contributed by atoms with E-state index < -0.39 is 0 Å². The zero-order chi connectivity index (χ0) is 17.5. The molecule has 3 nitrogen and oxygen atoms in total. The Balaban J connectivity index is 1.78. The van der Waals surface area contributed by atoms with Crippen molar-refractivity contribution in [1.82, 2.24) is 0 Å². The van der Waals surface area contributed by atoms with Gasteiger partial charge in [0.25, 0.3) is 5.91 Å². The highest BCUT2D eigenvalue weighted by Crippen LogP contribution is 2.18. The minimum Gasteiger partial charge on any atom is -0.321 e. The summed E-state index contributed by atoms with van der Waals surface area (Å²) in [6.07, 6.45) is 3.23. The number of carbonyl (C=O) groups is 2. The minimum atomic E-state index is -0.184. The monoisotopic (exact) mass is 327 g/mol. The molecule has 0 atom stereocenters. The molecule has 0 bridgehead atoms. The predicted molar refractivity (Wildman–Crippen MR) is 101 cm³/mol. The molecule has 0 heterocycles. The molecule has 1 N–H and O–H groups in total. The second-order valence-electron chi connectivity index (χ2n) is 5.47. The fourth-order valence-corrected chi connectivity index (χ4v) is 2.40. The highest BCUT2D eigenvalue weighted by molar-refractivity contribution is 6.08. The number of allylic oxidation sites excluding steroid dienone is 1. The van der Waals surface area contributed by atoms with E-state index in [1.54, 1.807) is 30.3 Å². The molecule has 25 heavy (non-hydrogen) atoms. The maximum atomic E-state index is 12.3. The SMILES string of the molecule is O=C(C=Cc1ccccc1NC(=O)c1ccccc1)c1ccccc1. The normalized spacial score (nSPS) is 10.6. The molecule has 0 aliphatic carbocycles. The van der Waals surface area contributed by atoms with Crippen molar-refractivity contribution < 1.29 is 9.59 Å². The van der Waals surface area contributed by atoms with Crippen molar-refractivity contribution in [2.75, 3.05) is 5.32 Å². The Morgan fingerprint density at radius 3 is 1.92 bits per heavy atom. The first kappa shape index (κ1) is 16.4. The molecule has 3 rings (SSSR count). The molecule has 0 aliphatic rings. The molecule has 0 aliphatic heterocycles. The van der Waals surface area contributed by atoms with Crippen LogP contribution in [0.5, 0.6) is 0 Å². The number of anilines is 1. The van der Waals surface area contributed by atoms with Gasteiger partial charge in [0.1, 0.15) is 0 Å². The van der Waals surface area contributed by atoms with Crippen molar-refractivity contribution in [3.63, 3.8) is 0 Å². The van der Waals surface area contributed by atoms with Crippen molar-refractivity contribution >= 4 is 23.5 Å². The van der Waals surface area contributed by atoms with Gasteiger partial charge in [0, 0.05) is 16.8 Å². The van der Waals surface area contributed by atoms with Crippen molar-refractivity contribution in [3.8, 4) is 0 Å². The van der Waals surface area contributed by atoms with Gasteiger partial charge in [0.05, 0.1) is 0 Å². The van der Waals surface area contributed by atoms with Gasteiger partial charge < -0.3 is 5.32 Å². The third-order valence-corrected chi connectivity index (χ3v) is 3.72. The first-order chi connectivity index (χ1) is 12.2. The molecular formula is C22H17NO2. The molecule has 0 spiro atoms. The van der Waals surface area contributed by atoms with E-state index in [1.165, 1.54) is 6.08 Å². The van der Waals surface area contributed by atoms with E-state index in [2.05, 4.69) is 5.32 Å². The Bertz CT molecular complexity index is 900. The molecular weight excluding hydrogens is 310 g/mol. The zero-order valence-electron chi connectivity index (χ0n) is 13.6. The van der Waals surface area contributed by atoms with Crippen molar-refractivity contribution in [2.45, 2.75) is 0 Å². The number of hydrogen-bond donors (Lipinski definition) is 1. The van der Waals surface area contributed by atoms with Gasteiger partial charge >= 0.3 is 0 Å². The average Bonchev–Trinajstić information content (AvgIpc) is 2.68. The molecule has 0 radical (unpaired) electrons. The van der Waals surface area contributed by atoms with E-state index >= 15 is 0 Å². The van der Waals surface area contributed by atoms with Gasteiger partial charge in [-0.3, -0.25) is 9.59 Å². The summed E-state index contributed by atoms with van der Waals surface area (Å²) in [5.74, 6) is -0.263. The number of hydrogen-bond acceptors (Lipinski definition) is 2. The Morgan fingerprint density at radius 1 is 0.680 bits per heavy atom. The number of benzene rings is 3. The first-order valence-electron chi connectivity index (χ1n) is 7.97. The summed E-state index contributed by atoms with van der Waals surface area (Å²) in [6.45, 7) is 0. The van der Waals surface area contributed by atoms with E-state index in [-0.39, 0.29) is 11.7 Å². The lowest BCUT2D eigenvalue weighted by molar-refractivity contribution is 0.102. The van der Waals surface area contributed by atoms with E-state index in [4.69, 9.17) is 0 Å². The van der Waals surface area contributed by atoms with Crippen molar-refractivity contribution in [3.05, 3.63) is 108 Å². The fraction of sp³-hybridized carbons (Fsp3) is 0. The maximum Gasteiger partial charge on any atom is 0.255 e. The lowest BCUT2D eigenvalue weighted by Crippen LogP contribution is -2.12. The molecule has 0 aromatic heterocycles. The summed E-state index contributed by atoms with van der Waals surface area (Å²) in [5, 5.41) is 2.89. The van der Waals surface area contributed by atoms with Gasteiger partial charge in [-0.1, -0.05) is 66.7 Å². The highest BCUT2D eigenvalue weighted by Gasteiger charge is 2.07. The molecule has 0 saturated heterocycles. The lowest BCUT2D eigenvalue weighted by Gasteiger charge is -2.08. The summed E-state index contributed by atoms with van der Waals surface area (Å²) in [4.78, 5) is 24.5. The largest absolute Gasteiger partial charge is 0.321 e. The summed E-state index contributed by atoms with van der Waals surface area (Å²) < 4.78 is 0. The predicted octanol–water partition coefficient (Wildman–Crippen LogP) is 4.84. The van der Waals surface area contributed by atoms with Crippen LogP contribution in [0.15, 0.2) is 91.0 Å². The number of amides is 1. The fourth-order valence-electron chi connectivity index (χ4n) is 2.40. The van der Waals surface area contributed by atoms with Gasteiger partial charge in [-0.15, -0.1) is 0 Å². The van der Waals surface area contributed by atoms with Crippen molar-refractivity contribution in [2.24, 2.45) is 0 Å². The molecule has 3 heteroatoms. The van der Waals surface area contributed by atoms with Gasteiger partial charge in [-0.05, 0) is 35.9 Å². The topological polar surface area (TPSA) is 46.2 Å². The Hall–Kier alpha value is -3.46. The Labute approximate surface area is 146 Å². The highest BCUT2D eigenvalue weighted by atomic mass is 16.1. The third kappa shape index (κ3) is 4.30. The smallest absolute Gasteiger partial charge is 0.255 e. The maximum absolute atomic E-state index is 12.3. The molecule has 0 unspecified atom stereocenters. The quantitative estimate of drug-likeness (QED) is 0.538. The van der Waals surface area contributed by atoms with Gasteiger partial charge in [-0.2, -0.15) is 0 Å². The molecule has 122 valence electrons. The standard InChI is InChI=1S/C22H17NO2/c24-21(18-10-3-1-4-11-18)16-15-17-9-7-8-14-20(17)23-22(25)19-12-5-2-6-13-19/h1-16H,(H,23,25). The van der Waals surface area contributed by atoms with Crippen LogP contribution in [0.3, 0.4) is 0 Å². The second kappa shape index (κ2) is 7.88. The number of carbonyl (C=O) groups excluding carboxylic acids is 2. The molecule has 0 saturated carbocycles.